The number of nitrogens with one attached hydrogen (secondary N) is 1. The van der Waals surface area contributed by atoms with Gasteiger partial charge in [-0.1, -0.05) is 36.4 Å². The Morgan fingerprint density at radius 2 is 1.82 bits per heavy atom. The van der Waals surface area contributed by atoms with Crippen LogP contribution >= 0.6 is 0 Å². The van der Waals surface area contributed by atoms with E-state index in [2.05, 4.69) is 41.5 Å². The number of aromatic nitrogens is 1. The maximum atomic E-state index is 5.93. The molecule has 0 saturated carbocycles. The Kier molecular flexibility index (Phi) is 4.66. The predicted octanol–water partition coefficient (Wildman–Crippen LogP) is 6.05. The fourth-order valence-electron chi connectivity index (χ4n) is 4.31. The molecule has 1 aliphatic rings. The quantitative estimate of drug-likeness (QED) is 0.402. The normalized spacial score (nSPS) is 13.9. The molecule has 2 heterocycles. The lowest BCUT2D eigenvalue weighted by Gasteiger charge is -2.06. The average Bonchev–Trinajstić information content (AvgIpc) is 3.46. The molecule has 0 spiro atoms. The van der Waals surface area contributed by atoms with Crippen LogP contribution in [-0.4, -0.2) is 11.6 Å². The van der Waals surface area contributed by atoms with E-state index >= 15 is 0 Å². The molecular weight excluding hydrogens is 346 g/mol. The fourth-order valence-corrected chi connectivity index (χ4v) is 4.31. The second kappa shape index (κ2) is 7.59. The molecule has 0 aliphatic heterocycles. The average molecular weight is 371 g/mol. The van der Waals surface area contributed by atoms with Crippen LogP contribution in [-0.2, 0) is 19.3 Å². The second-order valence-corrected chi connectivity index (χ2v) is 7.73. The Hall–Kier alpha value is -2.94. The van der Waals surface area contributed by atoms with Crippen LogP contribution in [0.1, 0.15) is 41.1 Å². The Morgan fingerprint density at radius 1 is 0.964 bits per heavy atom. The summed E-state index contributed by atoms with van der Waals surface area (Å²) in [7, 11) is 0. The van der Waals surface area contributed by atoms with E-state index in [4.69, 9.17) is 9.15 Å². The molecule has 0 bridgehead atoms. The zero-order valence-corrected chi connectivity index (χ0v) is 16.0. The van der Waals surface area contributed by atoms with E-state index in [9.17, 15) is 0 Å². The lowest BCUT2D eigenvalue weighted by atomic mass is 9.98. The molecule has 4 aromatic rings. The van der Waals surface area contributed by atoms with E-state index in [1.54, 1.807) is 6.26 Å². The van der Waals surface area contributed by atoms with Crippen LogP contribution in [0.2, 0.25) is 0 Å². The van der Waals surface area contributed by atoms with Crippen molar-refractivity contribution in [2.75, 3.05) is 6.61 Å². The minimum absolute atomic E-state index is 0.625. The van der Waals surface area contributed by atoms with E-state index < -0.39 is 0 Å². The standard InChI is InChI=1S/C25H25NO2/c1-2-7-20-15-21(14-19(20)6-1)22-16-23(26-17-22)9-3-4-12-27-24-10-5-8-18-11-13-28-25(18)24/h1-2,5-8,10-11,13,16-17,21,26H,3-4,9,12,14-15H2. The van der Waals surface area contributed by atoms with Crippen molar-refractivity contribution in [2.24, 2.45) is 0 Å². The largest absolute Gasteiger partial charge is 0.490 e. The number of aromatic amines is 1. The molecule has 0 radical (unpaired) electrons. The van der Waals surface area contributed by atoms with Gasteiger partial charge in [-0.2, -0.15) is 0 Å². The van der Waals surface area contributed by atoms with E-state index in [0.717, 1.165) is 36.0 Å². The summed E-state index contributed by atoms with van der Waals surface area (Å²) in [5.41, 5.74) is 6.65. The molecule has 0 fully saturated rings. The van der Waals surface area contributed by atoms with Gasteiger partial charge in [-0.25, -0.2) is 0 Å². The van der Waals surface area contributed by atoms with Crippen molar-refractivity contribution in [2.45, 2.75) is 38.0 Å². The number of para-hydroxylation sites is 1. The van der Waals surface area contributed by atoms with E-state index in [1.807, 2.05) is 24.3 Å². The van der Waals surface area contributed by atoms with Crippen LogP contribution in [0, 0.1) is 0 Å². The van der Waals surface area contributed by atoms with Crippen molar-refractivity contribution >= 4 is 11.0 Å². The second-order valence-electron chi connectivity index (χ2n) is 7.73. The van der Waals surface area contributed by atoms with E-state index in [0.29, 0.717) is 12.5 Å². The lowest BCUT2D eigenvalue weighted by Crippen LogP contribution is -1.98. The molecule has 1 N–H and O–H groups in total. The number of ether oxygens (including phenoxy) is 1. The summed E-state index contributed by atoms with van der Waals surface area (Å²) in [6.07, 6.45) is 9.45. The first-order valence-corrected chi connectivity index (χ1v) is 10.2. The number of hydrogen-bond acceptors (Lipinski definition) is 2. The molecular formula is C25H25NO2. The minimum atomic E-state index is 0.625. The maximum Gasteiger partial charge on any atom is 0.175 e. The highest BCUT2D eigenvalue weighted by molar-refractivity contribution is 5.82. The fraction of sp³-hybridized carbons (Fsp3) is 0.280. The van der Waals surface area contributed by atoms with Crippen LogP contribution in [0.4, 0.5) is 0 Å². The van der Waals surface area contributed by atoms with Crippen LogP contribution in [0.5, 0.6) is 5.75 Å². The molecule has 2 aromatic heterocycles. The zero-order valence-electron chi connectivity index (χ0n) is 16.0. The Bertz CT molecular complexity index is 1050. The van der Waals surface area contributed by atoms with Crippen molar-refractivity contribution < 1.29 is 9.15 Å². The predicted molar refractivity (Wildman–Crippen MR) is 112 cm³/mol. The number of hydrogen-bond donors (Lipinski definition) is 1. The van der Waals surface area contributed by atoms with Crippen LogP contribution in [0.3, 0.4) is 0 Å². The number of H-pyrrole nitrogens is 1. The van der Waals surface area contributed by atoms with Gasteiger partial charge >= 0.3 is 0 Å². The van der Waals surface area contributed by atoms with Gasteiger partial charge in [0, 0.05) is 17.3 Å². The number of rotatable bonds is 7. The summed E-state index contributed by atoms with van der Waals surface area (Å²) >= 11 is 0. The first-order chi connectivity index (χ1) is 13.9. The van der Waals surface area contributed by atoms with Gasteiger partial charge in [0.25, 0.3) is 0 Å². The molecule has 0 atom stereocenters. The first kappa shape index (κ1) is 17.2. The highest BCUT2D eigenvalue weighted by atomic mass is 16.5. The summed E-state index contributed by atoms with van der Waals surface area (Å²) in [5.74, 6) is 1.46. The van der Waals surface area contributed by atoms with E-state index in [1.165, 1.54) is 35.2 Å². The van der Waals surface area contributed by atoms with Crippen LogP contribution in [0.15, 0.2) is 71.5 Å². The van der Waals surface area contributed by atoms with Crippen molar-refractivity contribution in [3.8, 4) is 5.75 Å². The van der Waals surface area contributed by atoms with Crippen LogP contribution < -0.4 is 4.74 Å². The van der Waals surface area contributed by atoms with Crippen molar-refractivity contribution in [1.82, 2.24) is 4.98 Å². The highest BCUT2D eigenvalue weighted by Gasteiger charge is 2.23. The van der Waals surface area contributed by atoms with Gasteiger partial charge < -0.3 is 14.1 Å². The van der Waals surface area contributed by atoms with Gasteiger partial charge in [-0.05, 0) is 72.9 Å². The Labute approximate surface area is 165 Å². The summed E-state index contributed by atoms with van der Waals surface area (Å²) in [6, 6.07) is 19.2. The lowest BCUT2D eigenvalue weighted by molar-refractivity contribution is 0.306. The third-order valence-electron chi connectivity index (χ3n) is 5.83. The Balaban J connectivity index is 1.10. The minimum Gasteiger partial charge on any atom is -0.490 e. The topological polar surface area (TPSA) is 38.2 Å². The molecule has 1 aliphatic carbocycles. The van der Waals surface area contributed by atoms with Gasteiger partial charge in [-0.3, -0.25) is 0 Å². The summed E-state index contributed by atoms with van der Waals surface area (Å²) in [4.78, 5) is 3.48. The molecule has 5 rings (SSSR count). The van der Waals surface area contributed by atoms with E-state index in [-0.39, 0.29) is 0 Å². The first-order valence-electron chi connectivity index (χ1n) is 10.2. The molecule has 3 heteroatoms. The monoisotopic (exact) mass is 371 g/mol. The van der Waals surface area contributed by atoms with Gasteiger partial charge in [0.1, 0.15) is 0 Å². The summed E-state index contributed by atoms with van der Waals surface area (Å²) in [6.45, 7) is 0.714. The number of aryl methyl sites for hydroxylation is 1. The highest BCUT2D eigenvalue weighted by Crippen LogP contribution is 2.34. The van der Waals surface area contributed by atoms with Crippen molar-refractivity contribution in [3.63, 3.8) is 0 Å². The molecule has 0 amide bonds. The smallest absolute Gasteiger partial charge is 0.175 e. The number of unbranched alkanes of at least 4 members (excludes halogenated alkanes) is 1. The summed E-state index contributed by atoms with van der Waals surface area (Å²) in [5, 5.41) is 1.09. The number of furan rings is 1. The number of benzene rings is 2. The van der Waals surface area contributed by atoms with Gasteiger partial charge in [0.15, 0.2) is 11.3 Å². The van der Waals surface area contributed by atoms with Crippen molar-refractivity contribution in [1.29, 1.82) is 0 Å². The SMILES string of the molecule is c1ccc2c(c1)CC(c1c[nH]c(CCCCOc3cccc4ccoc34)c1)C2. The third kappa shape index (κ3) is 3.45. The molecule has 2 aromatic carbocycles. The number of fused-ring (bicyclic) bond motifs is 2. The van der Waals surface area contributed by atoms with Crippen molar-refractivity contribution in [3.05, 3.63) is 89.4 Å². The maximum absolute atomic E-state index is 5.93. The summed E-state index contributed by atoms with van der Waals surface area (Å²) < 4.78 is 11.5. The van der Waals surface area contributed by atoms with Gasteiger partial charge in [0.05, 0.1) is 12.9 Å². The molecule has 0 saturated heterocycles. The Morgan fingerprint density at radius 3 is 2.68 bits per heavy atom. The zero-order chi connectivity index (χ0) is 18.8. The molecule has 28 heavy (non-hydrogen) atoms. The molecule has 3 nitrogen and oxygen atoms in total. The molecule has 142 valence electrons. The van der Waals surface area contributed by atoms with Gasteiger partial charge in [0.2, 0.25) is 0 Å². The third-order valence-corrected chi connectivity index (χ3v) is 5.83. The van der Waals surface area contributed by atoms with Gasteiger partial charge in [-0.15, -0.1) is 0 Å². The molecule has 0 unspecified atom stereocenters. The van der Waals surface area contributed by atoms with Crippen LogP contribution in [0.25, 0.3) is 11.0 Å².